The smallest absolute Gasteiger partial charge is 0.460 e. The average Bonchev–Trinajstić information content (AvgIpc) is 2.79. The van der Waals surface area contributed by atoms with Gasteiger partial charge in [-0.3, -0.25) is 4.99 Å². The Labute approximate surface area is 215 Å². The van der Waals surface area contributed by atoms with Crippen LogP contribution in [0.25, 0.3) is 0 Å². The number of nitrogens with one attached hydrogen (secondary N) is 3. The van der Waals surface area contributed by atoms with E-state index in [9.17, 15) is 79.0 Å². The molecule has 0 saturated heterocycles. The number of hydrogen-bond donors (Lipinski definition) is 3. The third-order valence-electron chi connectivity index (χ3n) is 4.17. The van der Waals surface area contributed by atoms with E-state index in [2.05, 4.69) is 14.5 Å². The van der Waals surface area contributed by atoms with Gasteiger partial charge in [0.2, 0.25) is 0 Å². The van der Waals surface area contributed by atoms with Crippen LogP contribution in [0.3, 0.4) is 0 Å². The molecule has 3 N–H and O–H groups in total. The van der Waals surface area contributed by atoms with E-state index in [1.807, 2.05) is 0 Å². The van der Waals surface area contributed by atoms with Gasteiger partial charge in [0.05, 0.1) is 24.8 Å². The van der Waals surface area contributed by atoms with Gasteiger partial charge in [-0.25, -0.2) is 0 Å². The molecule has 0 saturated carbocycles. The number of allylic oxidation sites excluding steroid dienone is 2. The minimum atomic E-state index is -7.23. The molecule has 0 rings (SSSR count). The fourth-order valence-corrected chi connectivity index (χ4v) is 1.94. The molecule has 0 aliphatic carbocycles. The van der Waals surface area contributed by atoms with Crippen LogP contribution in [0.4, 0.5) is 79.0 Å². The molecule has 0 aliphatic heterocycles. The molecule has 0 radical (unpaired) electrons. The van der Waals surface area contributed by atoms with Crippen LogP contribution < -0.4 is 10.9 Å². The lowest BCUT2D eigenvalue weighted by atomic mass is 10.0. The Morgan fingerprint density at radius 2 is 0.902 bits per heavy atom. The topological polar surface area (TPSA) is 78.7 Å². The molecule has 0 heterocycles. The first-order valence-electron chi connectivity index (χ1n) is 9.57. The highest BCUT2D eigenvalue weighted by Crippen LogP contribution is 2.54. The molecule has 0 aromatic heterocycles. The van der Waals surface area contributed by atoms with E-state index in [1.165, 1.54) is 0 Å². The number of hydrazine groups is 1. The van der Waals surface area contributed by atoms with Crippen molar-refractivity contribution in [2.75, 3.05) is 20.3 Å². The zero-order chi connectivity index (χ0) is 32.9. The highest BCUT2D eigenvalue weighted by atomic mass is 19.4. The molecule has 240 valence electrons. The van der Waals surface area contributed by atoms with E-state index in [0.717, 1.165) is 7.05 Å². The molecule has 0 spiro atoms. The Morgan fingerprint density at radius 1 is 0.585 bits per heavy atom. The number of alkyl halides is 18. The van der Waals surface area contributed by atoms with Crippen LogP contribution in [0.5, 0.6) is 0 Å². The van der Waals surface area contributed by atoms with Gasteiger partial charge in [0.1, 0.15) is 0 Å². The van der Waals surface area contributed by atoms with Crippen molar-refractivity contribution in [3.05, 3.63) is 23.9 Å². The third-order valence-corrected chi connectivity index (χ3v) is 4.17. The minimum Gasteiger partial charge on any atom is -0.484 e. The standard InChI is InChI=1S/C17H14F18N4O2/c1-37-3-9(41-7-11(20,21)13(24,25)15(28,29)17(33,34)35)5-39-38-4-8(2-36)40-6-10(18,19)12(22,23)14(26,27)16(30,31)32/h2-5,36,38-39H,6-7H2,1H3. The lowest BCUT2D eigenvalue weighted by molar-refractivity contribution is -0.399. The van der Waals surface area contributed by atoms with E-state index in [4.69, 9.17) is 5.41 Å². The number of rotatable bonds is 15. The van der Waals surface area contributed by atoms with Crippen LogP contribution in [0.15, 0.2) is 28.9 Å². The van der Waals surface area contributed by atoms with Gasteiger partial charge in [-0.2, -0.15) is 79.0 Å². The number of aliphatic imine (C=N–C) groups is 1. The summed E-state index contributed by atoms with van der Waals surface area (Å²) in [5.41, 5.74) is 3.34. The quantitative estimate of drug-likeness (QED) is 0.0662. The first-order chi connectivity index (χ1) is 18.1. The first-order valence-corrected chi connectivity index (χ1v) is 9.57. The highest BCUT2D eigenvalue weighted by Gasteiger charge is 2.83. The Balaban J connectivity index is 5.52. The highest BCUT2D eigenvalue weighted by molar-refractivity contribution is 5.75. The van der Waals surface area contributed by atoms with Gasteiger partial charge in [0.25, 0.3) is 0 Å². The maximum absolute atomic E-state index is 13.5. The predicted octanol–water partition coefficient (Wildman–Crippen LogP) is 6.08. The second-order valence-corrected chi connectivity index (χ2v) is 7.19. The summed E-state index contributed by atoms with van der Waals surface area (Å²) in [6.07, 6.45) is -13.5. The molecule has 0 atom stereocenters. The summed E-state index contributed by atoms with van der Waals surface area (Å²) in [7, 11) is 0.869. The van der Waals surface area contributed by atoms with Gasteiger partial charge in [0, 0.05) is 7.05 Å². The van der Waals surface area contributed by atoms with Crippen molar-refractivity contribution < 1.29 is 88.5 Å². The van der Waals surface area contributed by atoms with E-state index in [0.29, 0.717) is 6.21 Å². The molecule has 0 unspecified atom stereocenters. The summed E-state index contributed by atoms with van der Waals surface area (Å²) in [5.74, 6) is -43.3. The van der Waals surface area contributed by atoms with Crippen molar-refractivity contribution in [2.45, 2.75) is 47.9 Å². The second-order valence-electron chi connectivity index (χ2n) is 7.19. The molecule has 6 nitrogen and oxygen atoms in total. The summed E-state index contributed by atoms with van der Waals surface area (Å²) < 4.78 is 239. The molecular weight excluding hydrogens is 634 g/mol. The van der Waals surface area contributed by atoms with Gasteiger partial charge >= 0.3 is 47.9 Å². The predicted molar refractivity (Wildman–Crippen MR) is 99.3 cm³/mol. The van der Waals surface area contributed by atoms with Crippen molar-refractivity contribution in [2.24, 2.45) is 4.99 Å². The first kappa shape index (κ1) is 37.8. The van der Waals surface area contributed by atoms with Crippen LogP contribution >= 0.6 is 0 Å². The maximum Gasteiger partial charge on any atom is 0.460 e. The number of ether oxygens (including phenoxy) is 2. The molecule has 0 aliphatic rings. The molecule has 0 amide bonds. The van der Waals surface area contributed by atoms with Crippen molar-refractivity contribution in [3.8, 4) is 0 Å². The maximum atomic E-state index is 13.5. The second kappa shape index (κ2) is 12.3. The molecule has 0 fully saturated rings. The lowest BCUT2D eigenvalue weighted by Crippen LogP contribution is -2.62. The van der Waals surface area contributed by atoms with Crippen LogP contribution in [0, 0.1) is 5.41 Å². The molecule has 0 bridgehead atoms. The van der Waals surface area contributed by atoms with E-state index in [1.54, 1.807) is 10.9 Å². The van der Waals surface area contributed by atoms with Gasteiger partial charge in [0.15, 0.2) is 24.7 Å². The van der Waals surface area contributed by atoms with Crippen molar-refractivity contribution in [1.29, 1.82) is 5.41 Å². The zero-order valence-electron chi connectivity index (χ0n) is 19.3. The minimum absolute atomic E-state index is 0.108. The Kier molecular flexibility index (Phi) is 11.4. The SMILES string of the molecule is CN=CC(=CNNC=C(C=N)OCC(F)(F)C(F)(F)C(F)(F)C(F)(F)F)OCC(F)(F)C(F)(F)C(F)(F)C(F)(F)F. The van der Waals surface area contributed by atoms with Crippen LogP contribution in [0.1, 0.15) is 0 Å². The average molecular weight is 648 g/mol. The zero-order valence-corrected chi connectivity index (χ0v) is 19.3. The Bertz CT molecular complexity index is 985. The Morgan fingerprint density at radius 3 is 1.20 bits per heavy atom. The molecule has 24 heteroatoms. The van der Waals surface area contributed by atoms with Crippen molar-refractivity contribution >= 4 is 12.4 Å². The van der Waals surface area contributed by atoms with E-state index < -0.39 is 72.6 Å². The van der Waals surface area contributed by atoms with Crippen LogP contribution in [-0.2, 0) is 9.47 Å². The third kappa shape index (κ3) is 7.95. The monoisotopic (exact) mass is 648 g/mol. The summed E-state index contributed by atoms with van der Waals surface area (Å²) in [5, 5.41) is 6.82. The number of nitrogens with zero attached hydrogens (tertiary/aromatic N) is 1. The van der Waals surface area contributed by atoms with Gasteiger partial charge in [-0.15, -0.1) is 0 Å². The lowest BCUT2D eigenvalue weighted by Gasteiger charge is -2.33. The summed E-state index contributed by atoms with van der Waals surface area (Å²) >= 11 is 0. The van der Waals surface area contributed by atoms with Gasteiger partial charge in [-0.1, -0.05) is 0 Å². The van der Waals surface area contributed by atoms with E-state index in [-0.39, 0.29) is 18.6 Å². The van der Waals surface area contributed by atoms with Crippen LogP contribution in [0.2, 0.25) is 0 Å². The Hall–Kier alpha value is -3.24. The summed E-state index contributed by atoms with van der Waals surface area (Å²) in [4.78, 5) is 3.11. The van der Waals surface area contributed by atoms with Crippen molar-refractivity contribution in [1.82, 2.24) is 10.9 Å². The molecule has 0 aromatic carbocycles. The summed E-state index contributed by atoms with van der Waals surface area (Å²) in [6.45, 7) is -5.69. The summed E-state index contributed by atoms with van der Waals surface area (Å²) in [6, 6.07) is 0. The van der Waals surface area contributed by atoms with Gasteiger partial charge < -0.3 is 25.7 Å². The number of hydrogen-bond acceptors (Lipinski definition) is 6. The molecule has 41 heavy (non-hydrogen) atoms. The molecule has 0 aromatic rings. The van der Waals surface area contributed by atoms with Gasteiger partial charge in [-0.05, 0) is 0 Å². The normalized spacial score (nSPS) is 15.7. The fourth-order valence-electron chi connectivity index (χ4n) is 1.94. The van der Waals surface area contributed by atoms with Crippen molar-refractivity contribution in [3.63, 3.8) is 0 Å². The number of halogens is 18. The fraction of sp³-hybridized carbons (Fsp3) is 0.647. The largest absolute Gasteiger partial charge is 0.484 e. The molecular formula is C17H14F18N4O2. The van der Waals surface area contributed by atoms with E-state index >= 15 is 0 Å². The van der Waals surface area contributed by atoms with Crippen LogP contribution in [-0.4, -0.2) is 80.6 Å².